The Morgan fingerprint density at radius 3 is 2.52 bits per heavy atom. The Balaban J connectivity index is 2.31. The van der Waals surface area contributed by atoms with Crippen molar-refractivity contribution in [2.75, 3.05) is 0 Å². The van der Waals surface area contributed by atoms with Crippen molar-refractivity contribution in [1.29, 1.82) is 0 Å². The van der Waals surface area contributed by atoms with Gasteiger partial charge in [0.2, 0.25) is 11.0 Å². The summed E-state index contributed by atoms with van der Waals surface area (Å²) in [5, 5.41) is 10.8. The normalized spacial score (nSPS) is 10.5. The molecule has 9 heteroatoms. The van der Waals surface area contributed by atoms with Gasteiger partial charge in [0, 0.05) is 6.07 Å². The standard InChI is InChI=1S/C12H11ClN4O4/c1-7(2)20-11-14-10(13)15-12(16-11)21-9-6-4-3-5-8(9)17(18)19/h3-7H,1-2H3. The minimum absolute atomic E-state index is 0.000244. The molecule has 21 heavy (non-hydrogen) atoms. The van der Waals surface area contributed by atoms with Crippen molar-refractivity contribution in [2.45, 2.75) is 20.0 Å². The van der Waals surface area contributed by atoms with Crippen LogP contribution in [0.3, 0.4) is 0 Å². The van der Waals surface area contributed by atoms with Gasteiger partial charge in [0.25, 0.3) is 0 Å². The number of para-hydroxylation sites is 2. The van der Waals surface area contributed by atoms with Gasteiger partial charge in [0.15, 0.2) is 0 Å². The molecule has 8 nitrogen and oxygen atoms in total. The molecule has 2 aromatic rings. The summed E-state index contributed by atoms with van der Waals surface area (Å²) in [7, 11) is 0. The van der Waals surface area contributed by atoms with Gasteiger partial charge < -0.3 is 9.47 Å². The second-order valence-corrected chi connectivity index (χ2v) is 4.50. The first kappa shape index (κ1) is 14.9. The second kappa shape index (κ2) is 6.31. The number of benzene rings is 1. The topological polar surface area (TPSA) is 100 Å². The highest BCUT2D eigenvalue weighted by atomic mass is 35.5. The number of aromatic nitrogens is 3. The third-order valence-corrected chi connectivity index (χ3v) is 2.34. The minimum atomic E-state index is -0.566. The van der Waals surface area contributed by atoms with Gasteiger partial charge in [-0.15, -0.1) is 4.98 Å². The predicted molar refractivity (Wildman–Crippen MR) is 73.8 cm³/mol. The average molecular weight is 311 g/mol. The average Bonchev–Trinajstić information content (AvgIpc) is 2.37. The van der Waals surface area contributed by atoms with E-state index in [2.05, 4.69) is 15.0 Å². The Morgan fingerprint density at radius 1 is 1.19 bits per heavy atom. The molecular formula is C12H11ClN4O4. The van der Waals surface area contributed by atoms with E-state index >= 15 is 0 Å². The van der Waals surface area contributed by atoms with Gasteiger partial charge >= 0.3 is 17.7 Å². The molecule has 1 aromatic heterocycles. The number of rotatable bonds is 5. The minimum Gasteiger partial charge on any atom is -0.461 e. The van der Waals surface area contributed by atoms with Gasteiger partial charge in [-0.1, -0.05) is 12.1 Å². The van der Waals surface area contributed by atoms with Crippen LogP contribution in [0.4, 0.5) is 5.69 Å². The fourth-order valence-corrected chi connectivity index (χ4v) is 1.56. The third-order valence-electron chi connectivity index (χ3n) is 2.17. The van der Waals surface area contributed by atoms with Crippen LogP contribution in [0, 0.1) is 10.1 Å². The van der Waals surface area contributed by atoms with Crippen molar-refractivity contribution in [3.63, 3.8) is 0 Å². The van der Waals surface area contributed by atoms with E-state index < -0.39 is 4.92 Å². The monoisotopic (exact) mass is 310 g/mol. The van der Waals surface area contributed by atoms with E-state index in [-0.39, 0.29) is 34.8 Å². The van der Waals surface area contributed by atoms with Gasteiger partial charge in [0.1, 0.15) is 0 Å². The van der Waals surface area contributed by atoms with Crippen molar-refractivity contribution in [1.82, 2.24) is 15.0 Å². The molecule has 0 aliphatic carbocycles. The van der Waals surface area contributed by atoms with Gasteiger partial charge in [-0.2, -0.15) is 9.97 Å². The fourth-order valence-electron chi connectivity index (χ4n) is 1.42. The lowest BCUT2D eigenvalue weighted by Crippen LogP contribution is -2.09. The van der Waals surface area contributed by atoms with Crippen LogP contribution in [0.5, 0.6) is 17.8 Å². The summed E-state index contributed by atoms with van der Waals surface area (Å²) >= 11 is 5.75. The summed E-state index contributed by atoms with van der Waals surface area (Å²) in [5.41, 5.74) is -0.208. The highest BCUT2D eigenvalue weighted by molar-refractivity contribution is 6.28. The molecule has 0 saturated carbocycles. The van der Waals surface area contributed by atoms with Crippen molar-refractivity contribution >= 4 is 17.3 Å². The Bertz CT molecular complexity index is 665. The fraction of sp³-hybridized carbons (Fsp3) is 0.250. The molecule has 0 aliphatic heterocycles. The molecule has 0 bridgehead atoms. The summed E-state index contributed by atoms with van der Waals surface area (Å²) in [6.45, 7) is 3.58. The molecule has 0 amide bonds. The van der Waals surface area contributed by atoms with Crippen molar-refractivity contribution in [3.8, 4) is 17.8 Å². The quantitative estimate of drug-likeness (QED) is 0.618. The molecule has 110 valence electrons. The largest absolute Gasteiger partial charge is 0.461 e. The molecule has 0 spiro atoms. The van der Waals surface area contributed by atoms with Crippen molar-refractivity contribution < 1.29 is 14.4 Å². The van der Waals surface area contributed by atoms with Crippen LogP contribution in [0.15, 0.2) is 24.3 Å². The molecule has 0 unspecified atom stereocenters. The van der Waals surface area contributed by atoms with Crippen LogP contribution in [0.2, 0.25) is 5.28 Å². The van der Waals surface area contributed by atoms with Crippen LogP contribution in [0.25, 0.3) is 0 Å². The second-order valence-electron chi connectivity index (χ2n) is 4.16. The number of ether oxygens (including phenoxy) is 2. The van der Waals surface area contributed by atoms with E-state index in [4.69, 9.17) is 21.1 Å². The zero-order valence-electron chi connectivity index (χ0n) is 11.2. The number of nitro benzene ring substituents is 1. The van der Waals surface area contributed by atoms with E-state index in [1.165, 1.54) is 18.2 Å². The molecule has 2 rings (SSSR count). The molecule has 0 radical (unpaired) electrons. The number of hydrogen-bond acceptors (Lipinski definition) is 7. The molecule has 0 fully saturated rings. The van der Waals surface area contributed by atoms with Crippen LogP contribution >= 0.6 is 11.6 Å². The predicted octanol–water partition coefficient (Wildman–Crippen LogP) is 3.01. The highest BCUT2D eigenvalue weighted by Crippen LogP contribution is 2.29. The first-order chi connectivity index (χ1) is 9.95. The van der Waals surface area contributed by atoms with Gasteiger partial charge in [-0.3, -0.25) is 10.1 Å². The van der Waals surface area contributed by atoms with Crippen molar-refractivity contribution in [3.05, 3.63) is 39.7 Å². The van der Waals surface area contributed by atoms with E-state index in [0.717, 1.165) is 0 Å². The molecule has 0 N–H and O–H groups in total. The van der Waals surface area contributed by atoms with Gasteiger partial charge in [-0.05, 0) is 31.5 Å². The Labute approximate surface area is 124 Å². The molecular weight excluding hydrogens is 300 g/mol. The molecule has 0 aliphatic rings. The van der Waals surface area contributed by atoms with Crippen LogP contribution in [-0.2, 0) is 0 Å². The Morgan fingerprint density at radius 2 is 1.86 bits per heavy atom. The first-order valence-corrected chi connectivity index (χ1v) is 6.33. The summed E-state index contributed by atoms with van der Waals surface area (Å²) in [6, 6.07) is 5.66. The van der Waals surface area contributed by atoms with Crippen LogP contribution in [-0.4, -0.2) is 26.0 Å². The zero-order valence-corrected chi connectivity index (χ0v) is 11.9. The SMILES string of the molecule is CC(C)Oc1nc(Cl)nc(Oc2ccccc2[N+](=O)[O-])n1. The first-order valence-electron chi connectivity index (χ1n) is 5.95. The molecule has 0 atom stereocenters. The van der Waals surface area contributed by atoms with Gasteiger partial charge in [0.05, 0.1) is 11.0 Å². The molecule has 0 saturated heterocycles. The number of nitro groups is 1. The Kier molecular flexibility index (Phi) is 4.49. The number of halogens is 1. The number of nitrogens with zero attached hydrogens (tertiary/aromatic N) is 4. The third kappa shape index (κ3) is 3.99. The maximum atomic E-state index is 10.9. The maximum absolute atomic E-state index is 10.9. The molecule has 1 aromatic carbocycles. The maximum Gasteiger partial charge on any atom is 0.329 e. The lowest BCUT2D eigenvalue weighted by atomic mass is 10.3. The van der Waals surface area contributed by atoms with E-state index in [9.17, 15) is 10.1 Å². The van der Waals surface area contributed by atoms with Crippen LogP contribution in [0.1, 0.15) is 13.8 Å². The van der Waals surface area contributed by atoms with E-state index in [0.29, 0.717) is 0 Å². The lowest BCUT2D eigenvalue weighted by Gasteiger charge is -2.09. The van der Waals surface area contributed by atoms with E-state index in [1.807, 2.05) is 0 Å². The van der Waals surface area contributed by atoms with E-state index in [1.54, 1.807) is 19.9 Å². The molecule has 1 heterocycles. The van der Waals surface area contributed by atoms with Crippen LogP contribution < -0.4 is 9.47 Å². The number of hydrogen-bond donors (Lipinski definition) is 0. The van der Waals surface area contributed by atoms with Crippen molar-refractivity contribution in [2.24, 2.45) is 0 Å². The van der Waals surface area contributed by atoms with Gasteiger partial charge in [-0.25, -0.2) is 0 Å². The zero-order chi connectivity index (χ0) is 15.4. The summed E-state index contributed by atoms with van der Waals surface area (Å²) < 4.78 is 10.6. The summed E-state index contributed by atoms with van der Waals surface area (Å²) in [5.74, 6) is 0.000244. The lowest BCUT2D eigenvalue weighted by molar-refractivity contribution is -0.385. The smallest absolute Gasteiger partial charge is 0.329 e. The highest BCUT2D eigenvalue weighted by Gasteiger charge is 2.17. The Hall–Kier alpha value is -2.48. The summed E-state index contributed by atoms with van der Waals surface area (Å²) in [4.78, 5) is 21.8. The summed E-state index contributed by atoms with van der Waals surface area (Å²) in [6.07, 6.45) is -0.164.